The maximum absolute atomic E-state index is 11.9. The van der Waals surface area contributed by atoms with E-state index in [1.807, 2.05) is 0 Å². The SMILES string of the molecule is CCC(C)NC(=O)CN1CCCC(CNC(C)(C)C)C1. The van der Waals surface area contributed by atoms with Gasteiger partial charge < -0.3 is 10.6 Å². The zero-order valence-corrected chi connectivity index (χ0v) is 14.0. The number of rotatable bonds is 6. The number of carbonyl (C=O) groups is 1. The van der Waals surface area contributed by atoms with Gasteiger partial charge in [-0.2, -0.15) is 0 Å². The predicted molar refractivity (Wildman–Crippen MR) is 84.8 cm³/mol. The van der Waals surface area contributed by atoms with Gasteiger partial charge in [0.2, 0.25) is 5.91 Å². The third-order valence-electron chi connectivity index (χ3n) is 3.91. The van der Waals surface area contributed by atoms with Gasteiger partial charge in [-0.05, 0) is 66.0 Å². The van der Waals surface area contributed by atoms with Gasteiger partial charge in [0.15, 0.2) is 0 Å². The lowest BCUT2D eigenvalue weighted by molar-refractivity contribution is -0.123. The standard InChI is InChI=1S/C16H33N3O/c1-6-13(2)18-15(20)12-19-9-7-8-14(11-19)10-17-16(3,4)5/h13-14,17H,6-12H2,1-5H3,(H,18,20). The molecule has 1 aliphatic rings. The first kappa shape index (κ1) is 17.4. The monoisotopic (exact) mass is 283 g/mol. The topological polar surface area (TPSA) is 44.4 Å². The van der Waals surface area contributed by atoms with Crippen LogP contribution in [0.15, 0.2) is 0 Å². The van der Waals surface area contributed by atoms with Crippen LogP contribution in [0.25, 0.3) is 0 Å². The second kappa shape index (κ2) is 7.99. The molecular formula is C16H33N3O. The number of nitrogens with zero attached hydrogens (tertiary/aromatic N) is 1. The first-order valence-corrected chi connectivity index (χ1v) is 8.07. The Morgan fingerprint density at radius 3 is 2.70 bits per heavy atom. The van der Waals surface area contributed by atoms with E-state index in [9.17, 15) is 4.79 Å². The van der Waals surface area contributed by atoms with Crippen LogP contribution in [0.1, 0.15) is 53.9 Å². The van der Waals surface area contributed by atoms with E-state index in [2.05, 4.69) is 50.2 Å². The molecule has 0 spiro atoms. The first-order valence-electron chi connectivity index (χ1n) is 8.07. The van der Waals surface area contributed by atoms with Crippen LogP contribution in [-0.4, -0.2) is 48.6 Å². The first-order chi connectivity index (χ1) is 9.30. The average molecular weight is 283 g/mol. The van der Waals surface area contributed by atoms with Gasteiger partial charge in [0.25, 0.3) is 0 Å². The molecule has 4 heteroatoms. The summed E-state index contributed by atoms with van der Waals surface area (Å²) >= 11 is 0. The van der Waals surface area contributed by atoms with E-state index in [1.165, 1.54) is 12.8 Å². The second-order valence-electron chi connectivity index (χ2n) is 7.25. The van der Waals surface area contributed by atoms with Gasteiger partial charge in [0.05, 0.1) is 6.54 Å². The van der Waals surface area contributed by atoms with E-state index in [0.717, 1.165) is 26.1 Å². The average Bonchev–Trinajstić information content (AvgIpc) is 2.35. The van der Waals surface area contributed by atoms with Crippen LogP contribution in [0.5, 0.6) is 0 Å². The van der Waals surface area contributed by atoms with E-state index < -0.39 is 0 Å². The summed E-state index contributed by atoms with van der Waals surface area (Å²) in [6.45, 7) is 14.5. The predicted octanol–water partition coefficient (Wildman–Crippen LogP) is 2.00. The Morgan fingerprint density at radius 2 is 2.10 bits per heavy atom. The summed E-state index contributed by atoms with van der Waals surface area (Å²) in [7, 11) is 0. The van der Waals surface area contributed by atoms with Gasteiger partial charge in [0, 0.05) is 18.1 Å². The van der Waals surface area contributed by atoms with Crippen molar-refractivity contribution in [2.45, 2.75) is 65.5 Å². The largest absolute Gasteiger partial charge is 0.353 e. The minimum atomic E-state index is 0.170. The molecule has 1 rings (SSSR count). The number of carbonyl (C=O) groups excluding carboxylic acids is 1. The van der Waals surface area contributed by atoms with Crippen molar-refractivity contribution in [3.8, 4) is 0 Å². The molecule has 0 aromatic heterocycles. The molecular weight excluding hydrogens is 250 g/mol. The van der Waals surface area contributed by atoms with E-state index in [-0.39, 0.29) is 17.5 Å². The summed E-state index contributed by atoms with van der Waals surface area (Å²) in [6, 6.07) is 0.283. The Balaban J connectivity index is 2.31. The number of hydrogen-bond donors (Lipinski definition) is 2. The molecule has 2 unspecified atom stereocenters. The molecule has 0 radical (unpaired) electrons. The van der Waals surface area contributed by atoms with E-state index in [0.29, 0.717) is 12.5 Å². The zero-order valence-electron chi connectivity index (χ0n) is 14.0. The number of nitrogens with one attached hydrogen (secondary N) is 2. The van der Waals surface area contributed by atoms with Gasteiger partial charge >= 0.3 is 0 Å². The number of hydrogen-bond acceptors (Lipinski definition) is 3. The number of piperidine rings is 1. The highest BCUT2D eigenvalue weighted by Gasteiger charge is 2.23. The summed E-state index contributed by atoms with van der Waals surface area (Å²) in [5.41, 5.74) is 0.177. The second-order valence-corrected chi connectivity index (χ2v) is 7.25. The minimum absolute atomic E-state index is 0.170. The molecule has 0 bridgehead atoms. The quantitative estimate of drug-likeness (QED) is 0.784. The molecule has 1 amide bonds. The molecule has 0 aromatic carbocycles. The van der Waals surface area contributed by atoms with Crippen molar-refractivity contribution in [1.29, 1.82) is 0 Å². The highest BCUT2D eigenvalue weighted by Crippen LogP contribution is 2.16. The normalized spacial score (nSPS) is 22.6. The molecule has 0 saturated carbocycles. The Kier molecular flexibility index (Phi) is 6.96. The third kappa shape index (κ3) is 7.25. The van der Waals surface area contributed by atoms with Crippen LogP contribution < -0.4 is 10.6 Å². The van der Waals surface area contributed by atoms with Crippen molar-refractivity contribution in [3.05, 3.63) is 0 Å². The summed E-state index contributed by atoms with van der Waals surface area (Å²) in [5.74, 6) is 0.836. The molecule has 2 N–H and O–H groups in total. The van der Waals surface area contributed by atoms with E-state index in [4.69, 9.17) is 0 Å². The lowest BCUT2D eigenvalue weighted by Crippen LogP contribution is -2.47. The van der Waals surface area contributed by atoms with E-state index in [1.54, 1.807) is 0 Å². The van der Waals surface area contributed by atoms with Gasteiger partial charge in [-0.25, -0.2) is 0 Å². The van der Waals surface area contributed by atoms with Crippen molar-refractivity contribution in [3.63, 3.8) is 0 Å². The minimum Gasteiger partial charge on any atom is -0.353 e. The van der Waals surface area contributed by atoms with Crippen molar-refractivity contribution in [2.75, 3.05) is 26.2 Å². The fourth-order valence-corrected chi connectivity index (χ4v) is 2.54. The van der Waals surface area contributed by atoms with Gasteiger partial charge in [0.1, 0.15) is 0 Å². The van der Waals surface area contributed by atoms with Crippen LogP contribution in [0.4, 0.5) is 0 Å². The molecule has 1 fully saturated rings. The number of likely N-dealkylation sites (tertiary alicyclic amines) is 1. The molecule has 118 valence electrons. The number of amides is 1. The Morgan fingerprint density at radius 1 is 1.40 bits per heavy atom. The lowest BCUT2D eigenvalue weighted by atomic mass is 9.96. The van der Waals surface area contributed by atoms with Gasteiger partial charge in [-0.1, -0.05) is 6.92 Å². The zero-order chi connectivity index (χ0) is 15.2. The van der Waals surface area contributed by atoms with Crippen LogP contribution >= 0.6 is 0 Å². The Bertz CT molecular complexity index is 299. The van der Waals surface area contributed by atoms with Crippen LogP contribution in [0, 0.1) is 5.92 Å². The summed E-state index contributed by atoms with van der Waals surface area (Å²) in [6.07, 6.45) is 3.46. The lowest BCUT2D eigenvalue weighted by Gasteiger charge is -2.34. The molecule has 20 heavy (non-hydrogen) atoms. The van der Waals surface area contributed by atoms with Gasteiger partial charge in [-0.15, -0.1) is 0 Å². The molecule has 1 aliphatic heterocycles. The fourth-order valence-electron chi connectivity index (χ4n) is 2.54. The van der Waals surface area contributed by atoms with Crippen molar-refractivity contribution < 1.29 is 4.79 Å². The Labute approximate surface area is 124 Å². The van der Waals surface area contributed by atoms with Crippen LogP contribution in [0.2, 0.25) is 0 Å². The molecule has 0 aliphatic carbocycles. The fraction of sp³-hybridized carbons (Fsp3) is 0.938. The summed E-state index contributed by atoms with van der Waals surface area (Å²) in [5, 5.41) is 6.63. The maximum atomic E-state index is 11.9. The van der Waals surface area contributed by atoms with Gasteiger partial charge in [-0.3, -0.25) is 9.69 Å². The Hall–Kier alpha value is -0.610. The van der Waals surface area contributed by atoms with Crippen molar-refractivity contribution in [1.82, 2.24) is 15.5 Å². The van der Waals surface area contributed by atoms with Crippen LogP contribution in [0.3, 0.4) is 0 Å². The highest BCUT2D eigenvalue weighted by molar-refractivity contribution is 5.78. The van der Waals surface area contributed by atoms with Crippen molar-refractivity contribution >= 4 is 5.91 Å². The molecule has 1 saturated heterocycles. The molecule has 4 nitrogen and oxygen atoms in total. The third-order valence-corrected chi connectivity index (χ3v) is 3.91. The maximum Gasteiger partial charge on any atom is 0.234 e. The smallest absolute Gasteiger partial charge is 0.234 e. The molecule has 2 atom stereocenters. The molecule has 0 aromatic rings. The summed E-state index contributed by atoms with van der Waals surface area (Å²) in [4.78, 5) is 14.2. The molecule has 1 heterocycles. The van der Waals surface area contributed by atoms with Crippen LogP contribution in [-0.2, 0) is 4.79 Å². The van der Waals surface area contributed by atoms with E-state index >= 15 is 0 Å². The highest BCUT2D eigenvalue weighted by atomic mass is 16.2. The van der Waals surface area contributed by atoms with Crippen molar-refractivity contribution in [2.24, 2.45) is 5.92 Å². The summed E-state index contributed by atoms with van der Waals surface area (Å²) < 4.78 is 0.